The molecule has 5 heteroatoms. The fraction of sp³-hybridized carbons (Fsp3) is 0.0625. The van der Waals surface area contributed by atoms with Crippen LogP contribution in [0.15, 0.2) is 53.0 Å². The second-order valence-electron chi connectivity index (χ2n) is 4.72. The fourth-order valence-corrected chi connectivity index (χ4v) is 2.65. The highest BCUT2D eigenvalue weighted by atomic mass is 79.9. The number of hydrogen-bond donors (Lipinski definition) is 1. The molecule has 3 aromatic rings. The summed E-state index contributed by atoms with van der Waals surface area (Å²) in [6.07, 6.45) is 0. The van der Waals surface area contributed by atoms with Gasteiger partial charge in [-0.05, 0) is 23.8 Å². The fourth-order valence-electron chi connectivity index (χ4n) is 2.29. The molecule has 0 aliphatic heterocycles. The maximum atomic E-state index is 14.2. The summed E-state index contributed by atoms with van der Waals surface area (Å²) in [6.45, 7) is 0. The van der Waals surface area contributed by atoms with Gasteiger partial charge in [0, 0.05) is 17.1 Å². The Balaban J connectivity index is 2.29. The summed E-state index contributed by atoms with van der Waals surface area (Å²) >= 11 is 3.37. The average molecular weight is 346 g/mol. The Morgan fingerprint density at radius 1 is 1.14 bits per heavy atom. The van der Waals surface area contributed by atoms with Gasteiger partial charge in [0.25, 0.3) is 0 Å². The maximum absolute atomic E-state index is 14.2. The van der Waals surface area contributed by atoms with Crippen LogP contribution >= 0.6 is 15.9 Å². The molecule has 0 saturated heterocycles. The number of benzene rings is 2. The molecule has 0 radical (unpaired) electrons. The third-order valence-electron chi connectivity index (χ3n) is 3.34. The van der Waals surface area contributed by atoms with E-state index in [0.29, 0.717) is 17.1 Å². The first kappa shape index (κ1) is 13.8. The lowest BCUT2D eigenvalue weighted by Gasteiger charge is -2.06. The second kappa shape index (κ2) is 5.33. The molecule has 0 saturated carbocycles. The van der Waals surface area contributed by atoms with Crippen molar-refractivity contribution in [1.29, 1.82) is 0 Å². The van der Waals surface area contributed by atoms with Crippen LogP contribution in [0.2, 0.25) is 0 Å². The Morgan fingerprint density at radius 3 is 2.57 bits per heavy atom. The summed E-state index contributed by atoms with van der Waals surface area (Å²) < 4.78 is 16.5. The van der Waals surface area contributed by atoms with Gasteiger partial charge in [-0.2, -0.15) is 5.10 Å². The van der Waals surface area contributed by atoms with Crippen molar-refractivity contribution in [2.45, 2.75) is 0 Å². The summed E-state index contributed by atoms with van der Waals surface area (Å²) in [4.78, 5) is 0. The van der Waals surface area contributed by atoms with Crippen LogP contribution in [0.25, 0.3) is 22.4 Å². The van der Waals surface area contributed by atoms with Crippen LogP contribution in [-0.4, -0.2) is 9.78 Å². The van der Waals surface area contributed by atoms with Crippen LogP contribution in [0.4, 0.5) is 10.2 Å². The molecule has 0 amide bonds. The molecule has 1 aromatic heterocycles. The highest BCUT2D eigenvalue weighted by Gasteiger charge is 2.19. The number of rotatable bonds is 2. The quantitative estimate of drug-likeness (QED) is 0.754. The molecule has 0 aliphatic carbocycles. The first-order valence-corrected chi connectivity index (χ1v) is 7.20. The van der Waals surface area contributed by atoms with E-state index in [-0.39, 0.29) is 5.82 Å². The Labute approximate surface area is 130 Å². The molecule has 2 N–H and O–H groups in total. The maximum Gasteiger partial charge on any atom is 0.132 e. The number of halogens is 2. The molecule has 3 rings (SSSR count). The molecule has 0 fully saturated rings. The summed E-state index contributed by atoms with van der Waals surface area (Å²) in [5.41, 5.74) is 8.76. The molecule has 0 atom stereocenters. The van der Waals surface area contributed by atoms with Gasteiger partial charge in [-0.1, -0.05) is 46.3 Å². The molecular formula is C16H13BrFN3. The molecule has 0 spiro atoms. The first-order chi connectivity index (χ1) is 10.1. The van der Waals surface area contributed by atoms with E-state index in [1.807, 2.05) is 30.3 Å². The van der Waals surface area contributed by atoms with E-state index in [0.717, 1.165) is 15.6 Å². The summed E-state index contributed by atoms with van der Waals surface area (Å²) in [7, 11) is 1.75. The zero-order chi connectivity index (χ0) is 15.0. The molecule has 2 aromatic carbocycles. The minimum Gasteiger partial charge on any atom is -0.383 e. The Morgan fingerprint density at radius 2 is 1.86 bits per heavy atom. The largest absolute Gasteiger partial charge is 0.383 e. The van der Waals surface area contributed by atoms with Gasteiger partial charge < -0.3 is 5.73 Å². The third-order valence-corrected chi connectivity index (χ3v) is 3.83. The van der Waals surface area contributed by atoms with Crippen molar-refractivity contribution in [3.8, 4) is 22.4 Å². The molecule has 0 aliphatic rings. The minimum absolute atomic E-state index is 0.325. The van der Waals surface area contributed by atoms with Crippen molar-refractivity contribution >= 4 is 21.7 Å². The second-order valence-corrected chi connectivity index (χ2v) is 5.64. The number of aryl methyl sites for hydroxylation is 1. The number of nitrogens with zero attached hydrogens (tertiary/aromatic N) is 2. The van der Waals surface area contributed by atoms with Crippen LogP contribution < -0.4 is 5.73 Å². The lowest BCUT2D eigenvalue weighted by Crippen LogP contribution is -1.97. The Bertz CT molecular complexity index is 797. The zero-order valence-corrected chi connectivity index (χ0v) is 12.9. The van der Waals surface area contributed by atoms with Gasteiger partial charge in [-0.3, -0.25) is 4.68 Å². The normalized spacial score (nSPS) is 10.8. The van der Waals surface area contributed by atoms with Crippen molar-refractivity contribution in [3.63, 3.8) is 0 Å². The lowest BCUT2D eigenvalue weighted by molar-refractivity contribution is 0.629. The third kappa shape index (κ3) is 2.45. The van der Waals surface area contributed by atoms with Crippen LogP contribution in [0.3, 0.4) is 0 Å². The van der Waals surface area contributed by atoms with Gasteiger partial charge in [0.15, 0.2) is 0 Å². The average Bonchev–Trinajstić information content (AvgIpc) is 2.78. The van der Waals surface area contributed by atoms with Gasteiger partial charge >= 0.3 is 0 Å². The topological polar surface area (TPSA) is 43.8 Å². The molecule has 21 heavy (non-hydrogen) atoms. The predicted molar refractivity (Wildman–Crippen MR) is 86.2 cm³/mol. The highest BCUT2D eigenvalue weighted by Crippen LogP contribution is 2.37. The van der Waals surface area contributed by atoms with E-state index >= 15 is 0 Å². The zero-order valence-electron chi connectivity index (χ0n) is 11.3. The summed E-state index contributed by atoms with van der Waals surface area (Å²) in [5.74, 6) is 0.184. The van der Waals surface area contributed by atoms with Crippen molar-refractivity contribution in [2.75, 3.05) is 5.73 Å². The van der Waals surface area contributed by atoms with Gasteiger partial charge in [-0.25, -0.2) is 4.39 Å². The summed E-state index contributed by atoms with van der Waals surface area (Å²) in [5, 5.41) is 4.39. The smallest absolute Gasteiger partial charge is 0.132 e. The van der Waals surface area contributed by atoms with Gasteiger partial charge in [0.2, 0.25) is 0 Å². The SMILES string of the molecule is Cn1nc(-c2cc(Br)ccc2F)c(-c2ccccc2)c1N. The molecular weight excluding hydrogens is 333 g/mol. The van der Waals surface area contributed by atoms with E-state index in [2.05, 4.69) is 21.0 Å². The van der Waals surface area contributed by atoms with E-state index in [4.69, 9.17) is 5.73 Å². The number of nitrogens with two attached hydrogens (primary N) is 1. The Hall–Kier alpha value is -2.14. The standard InChI is InChI=1S/C16H13BrFN3/c1-21-16(19)14(10-5-3-2-4-6-10)15(20-21)12-9-11(17)7-8-13(12)18/h2-9H,19H2,1H3. The van der Waals surface area contributed by atoms with E-state index in [1.165, 1.54) is 6.07 Å². The van der Waals surface area contributed by atoms with Gasteiger partial charge in [-0.15, -0.1) is 0 Å². The van der Waals surface area contributed by atoms with Crippen LogP contribution in [0, 0.1) is 5.82 Å². The first-order valence-electron chi connectivity index (χ1n) is 6.41. The lowest BCUT2D eigenvalue weighted by atomic mass is 10.0. The van der Waals surface area contributed by atoms with Crippen molar-refractivity contribution in [3.05, 3.63) is 58.8 Å². The molecule has 106 valence electrons. The van der Waals surface area contributed by atoms with Gasteiger partial charge in [0.05, 0.1) is 5.56 Å². The molecule has 0 bridgehead atoms. The molecule has 1 heterocycles. The number of hydrogen-bond acceptors (Lipinski definition) is 2. The van der Waals surface area contributed by atoms with Crippen LogP contribution in [-0.2, 0) is 7.05 Å². The number of aromatic nitrogens is 2. The molecule has 0 unspecified atom stereocenters. The molecule has 3 nitrogen and oxygen atoms in total. The van der Waals surface area contributed by atoms with E-state index in [1.54, 1.807) is 23.9 Å². The minimum atomic E-state index is -0.325. The Kier molecular flexibility index (Phi) is 3.51. The summed E-state index contributed by atoms with van der Waals surface area (Å²) in [6, 6.07) is 14.4. The number of nitrogen functional groups attached to an aromatic ring is 1. The highest BCUT2D eigenvalue weighted by molar-refractivity contribution is 9.10. The monoisotopic (exact) mass is 345 g/mol. The van der Waals surface area contributed by atoms with Crippen molar-refractivity contribution in [1.82, 2.24) is 9.78 Å². The predicted octanol–water partition coefficient (Wildman–Crippen LogP) is 4.24. The van der Waals surface area contributed by atoms with Crippen molar-refractivity contribution in [2.24, 2.45) is 7.05 Å². The van der Waals surface area contributed by atoms with Crippen LogP contribution in [0.5, 0.6) is 0 Å². The number of anilines is 1. The van der Waals surface area contributed by atoms with Gasteiger partial charge in [0.1, 0.15) is 17.3 Å². The van der Waals surface area contributed by atoms with Crippen molar-refractivity contribution < 1.29 is 4.39 Å². The van der Waals surface area contributed by atoms with E-state index in [9.17, 15) is 4.39 Å². The van der Waals surface area contributed by atoms with Crippen LogP contribution in [0.1, 0.15) is 0 Å². The van der Waals surface area contributed by atoms with E-state index < -0.39 is 0 Å².